The van der Waals surface area contributed by atoms with Gasteiger partial charge < -0.3 is 5.32 Å². The molecule has 0 unspecified atom stereocenters. The molecule has 2 heterocycles. The lowest BCUT2D eigenvalue weighted by molar-refractivity contribution is 0.0945. The molecule has 80 valence electrons. The summed E-state index contributed by atoms with van der Waals surface area (Å²) in [5, 5.41) is 2.73. The lowest BCUT2D eigenvalue weighted by Gasteiger charge is -2.03. The topological polar surface area (TPSA) is 67.8 Å². The number of aromatic nitrogens is 3. The summed E-state index contributed by atoms with van der Waals surface area (Å²) < 4.78 is 0. The van der Waals surface area contributed by atoms with Gasteiger partial charge in [0, 0.05) is 31.3 Å². The van der Waals surface area contributed by atoms with Gasteiger partial charge in [0.25, 0.3) is 5.91 Å². The van der Waals surface area contributed by atoms with Crippen molar-refractivity contribution in [2.75, 3.05) is 0 Å². The average molecular weight is 214 g/mol. The van der Waals surface area contributed by atoms with E-state index >= 15 is 0 Å². The van der Waals surface area contributed by atoms with Gasteiger partial charge in [-0.15, -0.1) is 0 Å². The first-order valence-corrected chi connectivity index (χ1v) is 4.79. The molecule has 0 aliphatic heterocycles. The molecule has 0 radical (unpaired) electrons. The molecular weight excluding hydrogens is 204 g/mol. The van der Waals surface area contributed by atoms with Crippen molar-refractivity contribution in [1.82, 2.24) is 20.3 Å². The second kappa shape index (κ2) is 4.97. The molecule has 0 bridgehead atoms. The number of hydrogen-bond acceptors (Lipinski definition) is 4. The Morgan fingerprint density at radius 3 is 2.75 bits per heavy atom. The fourth-order valence-corrected chi connectivity index (χ4v) is 1.19. The molecule has 0 aliphatic rings. The van der Waals surface area contributed by atoms with E-state index in [2.05, 4.69) is 20.3 Å². The van der Waals surface area contributed by atoms with Crippen LogP contribution in [0.5, 0.6) is 0 Å². The van der Waals surface area contributed by atoms with Crippen LogP contribution in [0.1, 0.15) is 16.1 Å². The third-order valence-electron chi connectivity index (χ3n) is 1.97. The van der Waals surface area contributed by atoms with Gasteiger partial charge in [0.15, 0.2) is 0 Å². The van der Waals surface area contributed by atoms with E-state index in [1.54, 1.807) is 12.4 Å². The number of hydrogen-bond donors (Lipinski definition) is 1. The summed E-state index contributed by atoms with van der Waals surface area (Å²) in [6.45, 7) is 0.434. The van der Waals surface area contributed by atoms with Crippen molar-refractivity contribution >= 4 is 5.91 Å². The molecule has 0 aliphatic carbocycles. The smallest absolute Gasteiger partial charge is 0.271 e. The fraction of sp³-hybridized carbons (Fsp3) is 0.0909. The first kappa shape index (κ1) is 10.2. The molecule has 0 fully saturated rings. The zero-order valence-electron chi connectivity index (χ0n) is 8.50. The highest BCUT2D eigenvalue weighted by molar-refractivity contribution is 5.91. The standard InChI is InChI=1S/C11H10N4O/c16-11(10-8-13-4-5-14-10)15-7-9-2-1-3-12-6-9/h1-6,8H,7H2,(H,15,16). The van der Waals surface area contributed by atoms with Gasteiger partial charge in [0.05, 0.1) is 6.20 Å². The molecule has 0 atom stereocenters. The molecule has 5 heteroatoms. The van der Waals surface area contributed by atoms with Crippen LogP contribution in [-0.2, 0) is 6.54 Å². The Morgan fingerprint density at radius 2 is 2.06 bits per heavy atom. The molecule has 0 saturated heterocycles. The highest BCUT2D eigenvalue weighted by Gasteiger charge is 2.05. The number of carbonyl (C=O) groups excluding carboxylic acids is 1. The lowest BCUT2D eigenvalue weighted by Crippen LogP contribution is -2.23. The number of rotatable bonds is 3. The minimum atomic E-state index is -0.239. The Bertz CT molecular complexity index is 458. The largest absolute Gasteiger partial charge is 0.347 e. The van der Waals surface area contributed by atoms with Crippen LogP contribution < -0.4 is 5.32 Å². The fourth-order valence-electron chi connectivity index (χ4n) is 1.19. The summed E-state index contributed by atoms with van der Waals surface area (Å²) in [5.41, 5.74) is 1.26. The normalized spacial score (nSPS) is 9.75. The maximum Gasteiger partial charge on any atom is 0.271 e. The van der Waals surface area contributed by atoms with Crippen LogP contribution in [0.3, 0.4) is 0 Å². The maximum atomic E-state index is 11.6. The number of nitrogens with zero attached hydrogens (tertiary/aromatic N) is 3. The summed E-state index contributed by atoms with van der Waals surface area (Å²) in [6, 6.07) is 3.72. The predicted molar refractivity (Wildman–Crippen MR) is 57.4 cm³/mol. The number of nitrogens with one attached hydrogen (secondary N) is 1. The van der Waals surface area contributed by atoms with Gasteiger partial charge in [-0.05, 0) is 11.6 Å². The van der Waals surface area contributed by atoms with Crippen molar-refractivity contribution in [3.8, 4) is 0 Å². The molecule has 5 nitrogen and oxygen atoms in total. The molecule has 1 N–H and O–H groups in total. The third kappa shape index (κ3) is 2.60. The van der Waals surface area contributed by atoms with Gasteiger partial charge in [-0.2, -0.15) is 0 Å². The van der Waals surface area contributed by atoms with Gasteiger partial charge in [-0.3, -0.25) is 14.8 Å². The molecule has 1 amide bonds. The zero-order chi connectivity index (χ0) is 11.2. The van der Waals surface area contributed by atoms with Crippen molar-refractivity contribution in [3.05, 3.63) is 54.4 Å². The van der Waals surface area contributed by atoms with Crippen LogP contribution in [0.25, 0.3) is 0 Å². The minimum Gasteiger partial charge on any atom is -0.347 e. The Hall–Kier alpha value is -2.30. The lowest BCUT2D eigenvalue weighted by atomic mass is 10.3. The summed E-state index contributed by atoms with van der Waals surface area (Å²) >= 11 is 0. The first-order valence-electron chi connectivity index (χ1n) is 4.79. The van der Waals surface area contributed by atoms with Crippen LogP contribution >= 0.6 is 0 Å². The Balaban J connectivity index is 1.95. The van der Waals surface area contributed by atoms with Crippen LogP contribution in [-0.4, -0.2) is 20.9 Å². The van der Waals surface area contributed by atoms with E-state index in [-0.39, 0.29) is 5.91 Å². The summed E-state index contributed by atoms with van der Waals surface area (Å²) in [7, 11) is 0. The second-order valence-corrected chi connectivity index (χ2v) is 3.13. The van der Waals surface area contributed by atoms with Crippen LogP contribution in [0.15, 0.2) is 43.1 Å². The van der Waals surface area contributed by atoms with E-state index in [0.29, 0.717) is 12.2 Å². The number of amides is 1. The molecule has 16 heavy (non-hydrogen) atoms. The van der Waals surface area contributed by atoms with Gasteiger partial charge in [0.1, 0.15) is 5.69 Å². The van der Waals surface area contributed by atoms with Crippen molar-refractivity contribution in [3.63, 3.8) is 0 Å². The maximum absolute atomic E-state index is 11.6. The highest BCUT2D eigenvalue weighted by atomic mass is 16.1. The molecular formula is C11H10N4O. The molecule has 2 aromatic heterocycles. The Kier molecular flexibility index (Phi) is 3.18. The summed E-state index contributed by atoms with van der Waals surface area (Å²) in [5.74, 6) is -0.239. The van der Waals surface area contributed by atoms with Gasteiger partial charge in [-0.25, -0.2) is 4.98 Å². The molecule has 2 aromatic rings. The van der Waals surface area contributed by atoms with Crippen molar-refractivity contribution in [2.24, 2.45) is 0 Å². The third-order valence-corrected chi connectivity index (χ3v) is 1.97. The molecule has 0 aromatic carbocycles. The van der Waals surface area contributed by atoms with E-state index in [1.807, 2.05) is 12.1 Å². The van der Waals surface area contributed by atoms with Crippen molar-refractivity contribution in [2.45, 2.75) is 6.54 Å². The minimum absolute atomic E-state index is 0.239. The van der Waals surface area contributed by atoms with Gasteiger partial charge in [0.2, 0.25) is 0 Å². The number of carbonyl (C=O) groups is 1. The van der Waals surface area contributed by atoms with Crippen molar-refractivity contribution < 1.29 is 4.79 Å². The van der Waals surface area contributed by atoms with Crippen LogP contribution in [0.4, 0.5) is 0 Å². The van der Waals surface area contributed by atoms with Crippen molar-refractivity contribution in [1.29, 1.82) is 0 Å². The monoisotopic (exact) mass is 214 g/mol. The van der Waals surface area contributed by atoms with Crippen LogP contribution in [0, 0.1) is 0 Å². The first-order chi connectivity index (χ1) is 7.86. The summed E-state index contributed by atoms with van der Waals surface area (Å²) in [4.78, 5) is 23.3. The van der Waals surface area contributed by atoms with E-state index < -0.39 is 0 Å². The quantitative estimate of drug-likeness (QED) is 0.820. The second-order valence-electron chi connectivity index (χ2n) is 3.13. The Labute approximate surface area is 92.6 Å². The van der Waals surface area contributed by atoms with Gasteiger partial charge >= 0.3 is 0 Å². The Morgan fingerprint density at radius 1 is 1.19 bits per heavy atom. The summed E-state index contributed by atoms with van der Waals surface area (Å²) in [6.07, 6.45) is 7.83. The van der Waals surface area contributed by atoms with Crippen LogP contribution in [0.2, 0.25) is 0 Å². The predicted octanol–water partition coefficient (Wildman–Crippen LogP) is 0.802. The van der Waals surface area contributed by atoms with Gasteiger partial charge in [-0.1, -0.05) is 6.07 Å². The van der Waals surface area contributed by atoms with E-state index in [1.165, 1.54) is 18.6 Å². The van der Waals surface area contributed by atoms with E-state index in [4.69, 9.17) is 0 Å². The molecule has 0 saturated carbocycles. The van der Waals surface area contributed by atoms with E-state index in [0.717, 1.165) is 5.56 Å². The zero-order valence-corrected chi connectivity index (χ0v) is 8.50. The average Bonchev–Trinajstić information content (AvgIpc) is 2.38. The molecule has 0 spiro atoms. The molecule has 2 rings (SSSR count). The highest BCUT2D eigenvalue weighted by Crippen LogP contribution is 1.96. The SMILES string of the molecule is O=C(NCc1cccnc1)c1cnccn1. The number of pyridine rings is 1. The van der Waals surface area contributed by atoms with E-state index in [9.17, 15) is 4.79 Å².